The zero-order valence-electron chi connectivity index (χ0n) is 8.00. The Balaban J connectivity index is 2.28. The number of nitrogen functional groups attached to an aromatic ring is 1. The minimum absolute atomic E-state index is 0.527. The molecule has 0 fully saturated rings. The summed E-state index contributed by atoms with van der Waals surface area (Å²) in [7, 11) is 0. The Morgan fingerprint density at radius 2 is 2.33 bits per heavy atom. The van der Waals surface area contributed by atoms with Crippen molar-refractivity contribution in [3.8, 4) is 0 Å². The van der Waals surface area contributed by atoms with Crippen molar-refractivity contribution in [3.05, 3.63) is 31.5 Å². The molecular formula is C9H9BrClN3S. The molecule has 15 heavy (non-hydrogen) atoms. The highest BCUT2D eigenvalue weighted by Gasteiger charge is 2.10. The van der Waals surface area contributed by atoms with Gasteiger partial charge >= 0.3 is 0 Å². The highest BCUT2D eigenvalue weighted by molar-refractivity contribution is 9.11. The third kappa shape index (κ3) is 2.19. The lowest BCUT2D eigenvalue weighted by molar-refractivity contribution is 0.697. The summed E-state index contributed by atoms with van der Waals surface area (Å²) < 4.78 is 2.82. The molecule has 0 atom stereocenters. The third-order valence-corrected chi connectivity index (χ3v) is 4.10. The summed E-state index contributed by atoms with van der Waals surface area (Å²) in [4.78, 5) is 1.19. The van der Waals surface area contributed by atoms with Gasteiger partial charge in [-0.1, -0.05) is 11.6 Å². The predicted octanol–water partition coefficient (Wildman–Crippen LogP) is 3.30. The number of nitrogens with two attached hydrogens (primary N) is 1. The van der Waals surface area contributed by atoms with Crippen LogP contribution in [0, 0.1) is 6.92 Å². The third-order valence-electron chi connectivity index (χ3n) is 2.03. The molecule has 0 spiro atoms. The van der Waals surface area contributed by atoms with Crippen molar-refractivity contribution in [1.29, 1.82) is 0 Å². The van der Waals surface area contributed by atoms with E-state index >= 15 is 0 Å². The first kappa shape index (κ1) is 11.0. The maximum atomic E-state index is 5.96. The normalized spacial score (nSPS) is 10.9. The molecular weight excluding hydrogens is 298 g/mol. The topological polar surface area (TPSA) is 43.8 Å². The van der Waals surface area contributed by atoms with Gasteiger partial charge in [0.1, 0.15) is 10.8 Å². The smallest absolute Gasteiger partial charge is 0.141 e. The summed E-state index contributed by atoms with van der Waals surface area (Å²) in [5, 5.41) is 4.81. The summed E-state index contributed by atoms with van der Waals surface area (Å²) in [6, 6.07) is 4.05. The molecule has 6 heteroatoms. The number of hydrogen-bond donors (Lipinski definition) is 1. The lowest BCUT2D eigenvalue weighted by atomic mass is 10.4. The van der Waals surface area contributed by atoms with Gasteiger partial charge in [0.25, 0.3) is 0 Å². The highest BCUT2D eigenvalue weighted by atomic mass is 79.9. The van der Waals surface area contributed by atoms with Crippen LogP contribution in [0.25, 0.3) is 0 Å². The first-order valence-electron chi connectivity index (χ1n) is 4.30. The van der Waals surface area contributed by atoms with Crippen LogP contribution in [0.2, 0.25) is 5.02 Å². The van der Waals surface area contributed by atoms with Gasteiger partial charge in [-0.25, -0.2) is 4.68 Å². The van der Waals surface area contributed by atoms with Gasteiger partial charge in [-0.15, -0.1) is 11.3 Å². The second kappa shape index (κ2) is 4.15. The first-order chi connectivity index (χ1) is 7.08. The zero-order valence-corrected chi connectivity index (χ0v) is 11.2. The van der Waals surface area contributed by atoms with Crippen LogP contribution in [-0.4, -0.2) is 9.78 Å². The SMILES string of the molecule is Cc1nn(Cc2ccc(Br)s2)c(N)c1Cl. The summed E-state index contributed by atoms with van der Waals surface area (Å²) >= 11 is 11.0. The van der Waals surface area contributed by atoms with Crippen LogP contribution >= 0.6 is 38.9 Å². The number of halogens is 2. The number of anilines is 1. The standard InChI is InChI=1S/C9H9BrClN3S/c1-5-8(11)9(12)14(13-5)4-6-2-3-7(10)15-6/h2-3H,4,12H2,1H3. The van der Waals surface area contributed by atoms with E-state index in [4.69, 9.17) is 17.3 Å². The molecule has 3 nitrogen and oxygen atoms in total. The van der Waals surface area contributed by atoms with E-state index < -0.39 is 0 Å². The Bertz CT molecular complexity index is 492. The molecule has 0 bridgehead atoms. The fourth-order valence-electron chi connectivity index (χ4n) is 1.28. The van der Waals surface area contributed by atoms with E-state index in [-0.39, 0.29) is 0 Å². The van der Waals surface area contributed by atoms with Gasteiger partial charge in [-0.3, -0.25) is 0 Å². The fraction of sp³-hybridized carbons (Fsp3) is 0.222. The molecule has 0 aliphatic heterocycles. The van der Waals surface area contributed by atoms with E-state index in [1.165, 1.54) is 4.88 Å². The molecule has 0 aromatic carbocycles. The van der Waals surface area contributed by atoms with Gasteiger partial charge in [0, 0.05) is 4.88 Å². The van der Waals surface area contributed by atoms with Gasteiger partial charge < -0.3 is 5.73 Å². The Morgan fingerprint density at radius 1 is 1.60 bits per heavy atom. The number of nitrogens with zero attached hydrogens (tertiary/aromatic N) is 2. The van der Waals surface area contributed by atoms with Crippen LogP contribution in [0.1, 0.15) is 10.6 Å². The van der Waals surface area contributed by atoms with Crippen molar-refractivity contribution in [1.82, 2.24) is 9.78 Å². The molecule has 2 rings (SSSR count). The Hall–Kier alpha value is -0.520. The molecule has 0 unspecified atom stereocenters. The molecule has 80 valence electrons. The summed E-state index contributed by atoms with van der Waals surface area (Å²) in [5.41, 5.74) is 6.59. The molecule has 0 aliphatic rings. The Labute approximate surface area is 105 Å². The Kier molecular flexibility index (Phi) is 3.04. The maximum absolute atomic E-state index is 5.96. The molecule has 2 heterocycles. The predicted molar refractivity (Wildman–Crippen MR) is 67.5 cm³/mol. The van der Waals surface area contributed by atoms with E-state index in [1.54, 1.807) is 16.0 Å². The van der Waals surface area contributed by atoms with Crippen LogP contribution in [0.5, 0.6) is 0 Å². The molecule has 0 amide bonds. The maximum Gasteiger partial charge on any atom is 0.141 e. The zero-order chi connectivity index (χ0) is 11.0. The fourth-order valence-corrected chi connectivity index (χ4v) is 2.88. The van der Waals surface area contributed by atoms with Crippen molar-refractivity contribution in [2.24, 2.45) is 0 Å². The number of aryl methyl sites for hydroxylation is 1. The minimum atomic E-state index is 0.527. The largest absolute Gasteiger partial charge is 0.383 e. The number of aromatic nitrogens is 2. The van der Waals surface area contributed by atoms with E-state index in [9.17, 15) is 0 Å². The number of hydrogen-bond acceptors (Lipinski definition) is 3. The van der Waals surface area contributed by atoms with E-state index in [0.29, 0.717) is 17.4 Å². The van der Waals surface area contributed by atoms with Crippen molar-refractivity contribution in [2.45, 2.75) is 13.5 Å². The first-order valence-corrected chi connectivity index (χ1v) is 6.29. The molecule has 0 saturated carbocycles. The van der Waals surface area contributed by atoms with Crippen molar-refractivity contribution in [3.63, 3.8) is 0 Å². The van der Waals surface area contributed by atoms with Crippen LogP contribution < -0.4 is 5.73 Å². The van der Waals surface area contributed by atoms with Crippen LogP contribution in [-0.2, 0) is 6.54 Å². The van der Waals surface area contributed by atoms with Crippen molar-refractivity contribution < 1.29 is 0 Å². The quantitative estimate of drug-likeness (QED) is 0.925. The summed E-state index contributed by atoms with van der Waals surface area (Å²) in [6.45, 7) is 2.51. The second-order valence-corrected chi connectivity index (χ2v) is 6.07. The van der Waals surface area contributed by atoms with Crippen molar-refractivity contribution in [2.75, 3.05) is 5.73 Å². The van der Waals surface area contributed by atoms with Crippen molar-refractivity contribution >= 4 is 44.7 Å². The lowest BCUT2D eigenvalue weighted by Gasteiger charge is -2.00. The number of thiophene rings is 1. The summed E-state index contributed by atoms with van der Waals surface area (Å²) in [6.07, 6.45) is 0. The highest BCUT2D eigenvalue weighted by Crippen LogP contribution is 2.26. The summed E-state index contributed by atoms with van der Waals surface area (Å²) in [5.74, 6) is 0.527. The molecule has 2 aromatic rings. The molecule has 0 radical (unpaired) electrons. The molecule has 0 aliphatic carbocycles. The second-order valence-electron chi connectivity index (χ2n) is 3.15. The van der Waals surface area contributed by atoms with E-state index in [2.05, 4.69) is 21.0 Å². The number of rotatable bonds is 2. The van der Waals surface area contributed by atoms with Gasteiger partial charge in [0.05, 0.1) is 16.0 Å². The van der Waals surface area contributed by atoms with Crippen LogP contribution in [0.4, 0.5) is 5.82 Å². The monoisotopic (exact) mass is 305 g/mol. The van der Waals surface area contributed by atoms with Gasteiger partial charge in [-0.2, -0.15) is 5.10 Å². The van der Waals surface area contributed by atoms with Gasteiger partial charge in [0.2, 0.25) is 0 Å². The van der Waals surface area contributed by atoms with E-state index in [0.717, 1.165) is 9.48 Å². The average Bonchev–Trinajstić information content (AvgIpc) is 2.68. The van der Waals surface area contributed by atoms with Crippen LogP contribution in [0.3, 0.4) is 0 Å². The van der Waals surface area contributed by atoms with Crippen LogP contribution in [0.15, 0.2) is 15.9 Å². The van der Waals surface area contributed by atoms with Gasteiger partial charge in [0.15, 0.2) is 0 Å². The molecule has 0 saturated heterocycles. The molecule has 2 N–H and O–H groups in total. The average molecular weight is 307 g/mol. The minimum Gasteiger partial charge on any atom is -0.383 e. The van der Waals surface area contributed by atoms with Gasteiger partial charge in [-0.05, 0) is 35.0 Å². The molecule has 2 aromatic heterocycles. The lowest BCUT2D eigenvalue weighted by Crippen LogP contribution is -2.04. The van der Waals surface area contributed by atoms with E-state index in [1.807, 2.05) is 19.1 Å². The Morgan fingerprint density at radius 3 is 2.80 bits per heavy atom.